The van der Waals surface area contributed by atoms with Crippen molar-refractivity contribution in [3.05, 3.63) is 42.4 Å². The third-order valence-electron chi connectivity index (χ3n) is 5.03. The quantitative estimate of drug-likeness (QED) is 0.724. The van der Waals surface area contributed by atoms with Gasteiger partial charge < -0.3 is 4.90 Å². The molecule has 1 aromatic carbocycles. The number of benzene rings is 1. The van der Waals surface area contributed by atoms with Crippen LogP contribution in [0.4, 0.5) is 5.82 Å². The van der Waals surface area contributed by atoms with Crippen LogP contribution in [0, 0.1) is 5.92 Å². The minimum absolute atomic E-state index is 0.0392. The smallest absolute Gasteiger partial charge is 0.147 e. The van der Waals surface area contributed by atoms with Crippen molar-refractivity contribution in [1.82, 2.24) is 25.0 Å². The van der Waals surface area contributed by atoms with E-state index in [-0.39, 0.29) is 5.41 Å². The van der Waals surface area contributed by atoms with Crippen molar-refractivity contribution in [3.63, 3.8) is 0 Å². The van der Waals surface area contributed by atoms with Crippen LogP contribution in [-0.2, 0) is 12.0 Å². The topological polar surface area (TPSA) is 59.7 Å². The van der Waals surface area contributed by atoms with Gasteiger partial charge in [-0.25, -0.2) is 4.98 Å². The van der Waals surface area contributed by atoms with Gasteiger partial charge in [0.05, 0.1) is 22.9 Å². The Labute approximate surface area is 154 Å². The van der Waals surface area contributed by atoms with E-state index < -0.39 is 0 Å². The molecule has 0 N–H and O–H groups in total. The number of piperidine rings is 1. The summed E-state index contributed by atoms with van der Waals surface area (Å²) in [5.74, 6) is 1.52. The predicted molar refractivity (Wildman–Crippen MR) is 103 cm³/mol. The van der Waals surface area contributed by atoms with E-state index in [1.165, 1.54) is 12.8 Å². The average molecular weight is 350 g/mol. The second-order valence-corrected chi connectivity index (χ2v) is 8.25. The van der Waals surface area contributed by atoms with Crippen LogP contribution in [0.3, 0.4) is 0 Å². The maximum Gasteiger partial charge on any atom is 0.147 e. The van der Waals surface area contributed by atoms with Gasteiger partial charge in [0, 0.05) is 31.2 Å². The number of aromatic nitrogens is 5. The minimum Gasteiger partial charge on any atom is -0.355 e. The highest BCUT2D eigenvalue weighted by molar-refractivity contribution is 5.75. The lowest BCUT2D eigenvalue weighted by atomic mass is 9.93. The molecule has 2 aromatic heterocycles. The Morgan fingerprint density at radius 2 is 1.96 bits per heavy atom. The Morgan fingerprint density at radius 3 is 2.73 bits per heavy atom. The van der Waals surface area contributed by atoms with Crippen LogP contribution in [0.15, 0.2) is 36.7 Å². The normalized spacial score (nSPS) is 18.4. The lowest BCUT2D eigenvalue weighted by molar-refractivity contribution is 0.347. The van der Waals surface area contributed by atoms with Gasteiger partial charge in [-0.15, -0.1) is 5.10 Å². The lowest BCUT2D eigenvalue weighted by Gasteiger charge is -2.33. The maximum atomic E-state index is 4.81. The molecule has 0 unspecified atom stereocenters. The molecule has 0 saturated carbocycles. The molecule has 26 heavy (non-hydrogen) atoms. The van der Waals surface area contributed by atoms with Crippen molar-refractivity contribution >= 4 is 16.9 Å². The molecule has 0 amide bonds. The second-order valence-electron chi connectivity index (χ2n) is 8.25. The molecule has 1 saturated heterocycles. The van der Waals surface area contributed by atoms with Crippen molar-refractivity contribution in [2.75, 3.05) is 18.0 Å². The van der Waals surface area contributed by atoms with Crippen molar-refractivity contribution in [2.45, 2.75) is 45.6 Å². The summed E-state index contributed by atoms with van der Waals surface area (Å²) in [4.78, 5) is 11.7. The average Bonchev–Trinajstić information content (AvgIpc) is 3.10. The fourth-order valence-electron chi connectivity index (χ4n) is 3.52. The number of fused-ring (bicyclic) bond motifs is 1. The van der Waals surface area contributed by atoms with Gasteiger partial charge in [0.2, 0.25) is 0 Å². The van der Waals surface area contributed by atoms with E-state index in [1.54, 1.807) is 0 Å². The van der Waals surface area contributed by atoms with E-state index in [9.17, 15) is 0 Å². The van der Waals surface area contributed by atoms with Gasteiger partial charge in [0.1, 0.15) is 5.82 Å². The zero-order valence-electron chi connectivity index (χ0n) is 15.8. The Balaban J connectivity index is 1.47. The van der Waals surface area contributed by atoms with E-state index in [0.29, 0.717) is 5.92 Å². The molecule has 6 nitrogen and oxygen atoms in total. The Bertz CT molecular complexity index is 894. The fraction of sp³-hybridized carbons (Fsp3) is 0.500. The molecule has 0 radical (unpaired) electrons. The summed E-state index contributed by atoms with van der Waals surface area (Å²) in [7, 11) is 0. The fourth-order valence-corrected chi connectivity index (χ4v) is 3.52. The first-order chi connectivity index (χ1) is 12.5. The number of anilines is 1. The van der Waals surface area contributed by atoms with Crippen molar-refractivity contribution in [3.8, 4) is 0 Å². The van der Waals surface area contributed by atoms with Gasteiger partial charge in [0.15, 0.2) is 0 Å². The minimum atomic E-state index is 0.0392. The summed E-state index contributed by atoms with van der Waals surface area (Å²) < 4.78 is 2.00. The molecule has 1 aliphatic rings. The molecule has 3 aromatic rings. The van der Waals surface area contributed by atoms with Gasteiger partial charge in [0.25, 0.3) is 0 Å². The molecule has 1 aliphatic heterocycles. The summed E-state index contributed by atoms with van der Waals surface area (Å²) >= 11 is 0. The molecule has 0 aliphatic carbocycles. The predicted octanol–water partition coefficient (Wildman–Crippen LogP) is 3.44. The molecular formula is C20H26N6. The van der Waals surface area contributed by atoms with Gasteiger partial charge in [-0.1, -0.05) is 38.1 Å². The van der Waals surface area contributed by atoms with Crippen LogP contribution < -0.4 is 4.90 Å². The SMILES string of the molecule is CC(C)(C)c1cn(C[C@@H]2CCCN(c3cnc4ccccc4n3)C2)nn1. The first-order valence-electron chi connectivity index (χ1n) is 9.36. The highest BCUT2D eigenvalue weighted by Gasteiger charge is 2.23. The van der Waals surface area contributed by atoms with E-state index in [1.807, 2.05) is 35.1 Å². The summed E-state index contributed by atoms with van der Waals surface area (Å²) in [5.41, 5.74) is 2.99. The molecule has 4 rings (SSSR count). The highest BCUT2D eigenvalue weighted by Crippen LogP contribution is 2.24. The second kappa shape index (κ2) is 6.67. The summed E-state index contributed by atoms with van der Waals surface area (Å²) in [5, 5.41) is 8.68. The first kappa shape index (κ1) is 16.9. The summed E-state index contributed by atoms with van der Waals surface area (Å²) in [6.45, 7) is 9.43. The van der Waals surface area contributed by atoms with Gasteiger partial charge in [-0.2, -0.15) is 0 Å². The molecule has 0 spiro atoms. The zero-order chi connectivity index (χ0) is 18.1. The maximum absolute atomic E-state index is 4.81. The molecule has 3 heterocycles. The molecular weight excluding hydrogens is 324 g/mol. The molecule has 0 bridgehead atoms. The Kier molecular flexibility index (Phi) is 4.34. The van der Waals surface area contributed by atoms with Crippen LogP contribution in [0.5, 0.6) is 0 Å². The standard InChI is InChI=1S/C20H26N6/c1-20(2,3)18-14-26(24-23-18)13-15-7-6-10-25(12-15)19-11-21-16-8-4-5-9-17(16)22-19/h4-5,8-9,11,14-15H,6-7,10,12-13H2,1-3H3/t15-/m1/s1. The largest absolute Gasteiger partial charge is 0.355 e. The van der Waals surface area contributed by atoms with Crippen molar-refractivity contribution < 1.29 is 0 Å². The number of nitrogens with zero attached hydrogens (tertiary/aromatic N) is 6. The zero-order valence-corrected chi connectivity index (χ0v) is 15.8. The van der Waals surface area contributed by atoms with Crippen molar-refractivity contribution in [1.29, 1.82) is 0 Å². The number of rotatable bonds is 3. The van der Waals surface area contributed by atoms with Crippen molar-refractivity contribution in [2.24, 2.45) is 5.92 Å². The van der Waals surface area contributed by atoms with Crippen LogP contribution >= 0.6 is 0 Å². The monoisotopic (exact) mass is 350 g/mol. The van der Waals surface area contributed by atoms with E-state index in [0.717, 1.165) is 42.2 Å². The molecule has 1 atom stereocenters. The van der Waals surface area contributed by atoms with Gasteiger partial charge in [-0.05, 0) is 30.9 Å². The third-order valence-corrected chi connectivity index (χ3v) is 5.03. The van der Waals surface area contributed by atoms with Crippen LogP contribution in [0.2, 0.25) is 0 Å². The third kappa shape index (κ3) is 3.54. The highest BCUT2D eigenvalue weighted by atomic mass is 15.4. The van der Waals surface area contributed by atoms with E-state index in [2.05, 4.69) is 47.2 Å². The van der Waals surface area contributed by atoms with Crippen LogP contribution in [0.25, 0.3) is 11.0 Å². The number of hydrogen-bond acceptors (Lipinski definition) is 5. The Hall–Kier alpha value is -2.50. The lowest BCUT2D eigenvalue weighted by Crippen LogP contribution is -2.37. The van der Waals surface area contributed by atoms with Crippen LogP contribution in [-0.4, -0.2) is 38.1 Å². The molecule has 1 fully saturated rings. The first-order valence-corrected chi connectivity index (χ1v) is 9.36. The molecule has 6 heteroatoms. The van der Waals surface area contributed by atoms with E-state index >= 15 is 0 Å². The van der Waals surface area contributed by atoms with Gasteiger partial charge in [-0.3, -0.25) is 9.67 Å². The summed E-state index contributed by atoms with van der Waals surface area (Å²) in [6.07, 6.45) is 6.37. The number of hydrogen-bond donors (Lipinski definition) is 0. The summed E-state index contributed by atoms with van der Waals surface area (Å²) in [6, 6.07) is 8.04. The molecule has 136 valence electrons. The number of para-hydroxylation sites is 2. The van der Waals surface area contributed by atoms with Crippen LogP contribution in [0.1, 0.15) is 39.3 Å². The van der Waals surface area contributed by atoms with Gasteiger partial charge >= 0.3 is 0 Å². The van der Waals surface area contributed by atoms with E-state index in [4.69, 9.17) is 4.98 Å². The Morgan fingerprint density at radius 1 is 1.15 bits per heavy atom.